The van der Waals surface area contributed by atoms with Crippen LogP contribution in [-0.2, 0) is 4.79 Å². The monoisotopic (exact) mass is 370 g/mol. The minimum absolute atomic E-state index is 0.150. The molecule has 1 aromatic carbocycles. The number of hydrogen-bond donors (Lipinski definition) is 1. The summed E-state index contributed by atoms with van der Waals surface area (Å²) in [7, 11) is 0. The first-order valence-electron chi connectivity index (χ1n) is 8.63. The Bertz CT molecular complexity index is 720. The van der Waals surface area contributed by atoms with Gasteiger partial charge in [0.2, 0.25) is 0 Å². The van der Waals surface area contributed by atoms with E-state index >= 15 is 0 Å². The minimum atomic E-state index is -5.01. The van der Waals surface area contributed by atoms with Gasteiger partial charge in [0, 0.05) is 5.71 Å². The molecule has 1 heterocycles. The highest BCUT2D eigenvalue weighted by atomic mass is 19.4. The topological polar surface area (TPSA) is 62.1 Å². The summed E-state index contributed by atoms with van der Waals surface area (Å²) in [6, 6.07) is 6.87. The molecule has 26 heavy (non-hydrogen) atoms. The fourth-order valence-electron chi connectivity index (χ4n) is 3.56. The Labute approximate surface area is 149 Å². The van der Waals surface area contributed by atoms with Crippen molar-refractivity contribution in [3.8, 4) is 5.75 Å². The summed E-state index contributed by atoms with van der Waals surface area (Å²) in [6.07, 6.45) is -2.46. The molecular formula is C18H21F3N2O3. The number of hydrazone groups is 1. The van der Waals surface area contributed by atoms with Crippen LogP contribution in [0.2, 0.25) is 0 Å². The number of rotatable bonds is 3. The molecule has 0 unspecified atom stereocenters. The van der Waals surface area contributed by atoms with Crippen LogP contribution in [0, 0.1) is 12.8 Å². The molecular weight excluding hydrogens is 349 g/mol. The first-order valence-corrected chi connectivity index (χ1v) is 8.63. The second-order valence-corrected chi connectivity index (χ2v) is 6.73. The molecule has 0 saturated heterocycles. The van der Waals surface area contributed by atoms with Crippen molar-refractivity contribution in [2.45, 2.75) is 50.9 Å². The zero-order valence-corrected chi connectivity index (χ0v) is 14.4. The Hall–Kier alpha value is -2.09. The van der Waals surface area contributed by atoms with E-state index in [1.807, 2.05) is 0 Å². The van der Waals surface area contributed by atoms with Gasteiger partial charge >= 0.3 is 6.18 Å². The van der Waals surface area contributed by atoms with E-state index in [0.29, 0.717) is 25.0 Å². The zero-order valence-electron chi connectivity index (χ0n) is 14.4. The van der Waals surface area contributed by atoms with Crippen LogP contribution in [0.25, 0.3) is 0 Å². The second kappa shape index (κ2) is 6.90. The average molecular weight is 370 g/mol. The predicted molar refractivity (Wildman–Crippen MR) is 88.5 cm³/mol. The molecule has 1 amide bonds. The van der Waals surface area contributed by atoms with E-state index in [1.54, 1.807) is 31.2 Å². The number of carbonyl (C=O) groups excluding carboxylic acids is 1. The number of aliphatic hydroxyl groups is 1. The number of fused-ring (bicyclic) bond motifs is 1. The summed E-state index contributed by atoms with van der Waals surface area (Å²) in [5.74, 6) is -1.83. The van der Waals surface area contributed by atoms with E-state index < -0.39 is 30.3 Å². The lowest BCUT2D eigenvalue weighted by Crippen LogP contribution is -2.61. The van der Waals surface area contributed by atoms with Gasteiger partial charge < -0.3 is 9.84 Å². The van der Waals surface area contributed by atoms with Gasteiger partial charge in [0.05, 0.1) is 5.92 Å². The molecule has 5 nitrogen and oxygen atoms in total. The molecule has 1 aliphatic heterocycles. The number of halogens is 3. The lowest BCUT2D eigenvalue weighted by atomic mass is 9.87. The molecule has 142 valence electrons. The standard InChI is InChI=1S/C18H21F3N2O3/c1-12-7-5-6-10-15(12)26-11-16(24)23-17(25,18(19,20)21)13-8-3-2-4-9-14(13)22-23/h5-7,10,13,25H,2-4,8-9,11H2,1H3/t13-,17-/m0/s1. The highest BCUT2D eigenvalue weighted by molar-refractivity contribution is 5.93. The van der Waals surface area contributed by atoms with E-state index in [-0.39, 0.29) is 17.1 Å². The fourth-order valence-corrected chi connectivity index (χ4v) is 3.56. The lowest BCUT2D eigenvalue weighted by molar-refractivity contribution is -0.317. The van der Waals surface area contributed by atoms with Crippen molar-refractivity contribution in [1.82, 2.24) is 5.01 Å². The number of benzene rings is 1. The van der Waals surface area contributed by atoms with Crippen molar-refractivity contribution >= 4 is 11.6 Å². The van der Waals surface area contributed by atoms with Gasteiger partial charge in [0.15, 0.2) is 6.61 Å². The van der Waals surface area contributed by atoms with Crippen molar-refractivity contribution in [3.63, 3.8) is 0 Å². The van der Waals surface area contributed by atoms with Crippen molar-refractivity contribution in [1.29, 1.82) is 0 Å². The summed E-state index contributed by atoms with van der Waals surface area (Å²) in [5.41, 5.74) is -2.31. The minimum Gasteiger partial charge on any atom is -0.483 e. The molecule has 1 fully saturated rings. The molecule has 0 spiro atoms. The Kier molecular flexibility index (Phi) is 4.96. The van der Waals surface area contributed by atoms with Crippen LogP contribution in [-0.4, -0.2) is 40.2 Å². The maximum Gasteiger partial charge on any atom is 0.439 e. The van der Waals surface area contributed by atoms with Crippen molar-refractivity contribution in [3.05, 3.63) is 29.8 Å². The van der Waals surface area contributed by atoms with Crippen LogP contribution < -0.4 is 4.74 Å². The smallest absolute Gasteiger partial charge is 0.439 e. The number of para-hydroxylation sites is 1. The first kappa shape index (κ1) is 18.7. The van der Waals surface area contributed by atoms with Crippen LogP contribution in [0.15, 0.2) is 29.4 Å². The van der Waals surface area contributed by atoms with Crippen molar-refractivity contribution in [2.24, 2.45) is 11.0 Å². The zero-order chi connectivity index (χ0) is 18.9. The van der Waals surface area contributed by atoms with E-state index in [9.17, 15) is 23.1 Å². The first-order chi connectivity index (χ1) is 12.2. The quantitative estimate of drug-likeness (QED) is 0.887. The summed E-state index contributed by atoms with van der Waals surface area (Å²) in [5, 5.41) is 14.6. The number of alkyl halides is 3. The fraction of sp³-hybridized carbons (Fsp3) is 0.556. The van der Waals surface area contributed by atoms with Gasteiger partial charge in [-0.25, -0.2) is 0 Å². The Morgan fingerprint density at radius 1 is 1.35 bits per heavy atom. The molecule has 0 bridgehead atoms. The van der Waals surface area contributed by atoms with Gasteiger partial charge in [0.1, 0.15) is 5.75 Å². The van der Waals surface area contributed by atoms with Gasteiger partial charge in [-0.3, -0.25) is 4.79 Å². The van der Waals surface area contributed by atoms with Gasteiger partial charge in [-0.2, -0.15) is 23.3 Å². The summed E-state index contributed by atoms with van der Waals surface area (Å²) < 4.78 is 46.5. The number of amides is 1. The SMILES string of the molecule is Cc1ccccc1OCC(=O)N1N=C2CCCCC[C@@H]2[C@]1(O)C(F)(F)F. The maximum atomic E-state index is 13.7. The molecule has 1 aromatic rings. The third kappa shape index (κ3) is 3.18. The van der Waals surface area contributed by atoms with Crippen molar-refractivity contribution in [2.75, 3.05) is 6.61 Å². The lowest BCUT2D eigenvalue weighted by Gasteiger charge is -2.37. The van der Waals surface area contributed by atoms with Crippen LogP contribution in [0.4, 0.5) is 13.2 Å². The maximum absolute atomic E-state index is 13.7. The number of carbonyl (C=O) groups is 1. The van der Waals surface area contributed by atoms with Gasteiger partial charge in [-0.05, 0) is 37.8 Å². The molecule has 3 rings (SSSR count). The number of aryl methyl sites for hydroxylation is 1. The van der Waals surface area contributed by atoms with E-state index in [0.717, 1.165) is 12.0 Å². The molecule has 2 aliphatic rings. The molecule has 0 radical (unpaired) electrons. The summed E-state index contributed by atoms with van der Waals surface area (Å²) in [4.78, 5) is 12.5. The molecule has 0 aromatic heterocycles. The average Bonchev–Trinajstić information content (AvgIpc) is 2.73. The Balaban J connectivity index is 1.84. The van der Waals surface area contributed by atoms with Crippen LogP contribution in [0.5, 0.6) is 5.75 Å². The van der Waals surface area contributed by atoms with Crippen LogP contribution in [0.3, 0.4) is 0 Å². The summed E-state index contributed by atoms with van der Waals surface area (Å²) >= 11 is 0. The van der Waals surface area contributed by atoms with Crippen LogP contribution >= 0.6 is 0 Å². The normalized spacial score (nSPS) is 26.1. The van der Waals surface area contributed by atoms with Crippen LogP contribution in [0.1, 0.15) is 37.7 Å². The Morgan fingerprint density at radius 2 is 2.08 bits per heavy atom. The van der Waals surface area contributed by atoms with Gasteiger partial charge in [-0.1, -0.05) is 31.0 Å². The number of ether oxygens (including phenoxy) is 1. The molecule has 1 N–H and O–H groups in total. The van der Waals surface area contributed by atoms with Gasteiger partial charge in [0.25, 0.3) is 11.6 Å². The highest BCUT2D eigenvalue weighted by Gasteiger charge is 2.68. The van der Waals surface area contributed by atoms with Crippen molar-refractivity contribution < 1.29 is 27.8 Å². The van der Waals surface area contributed by atoms with Gasteiger partial charge in [-0.15, -0.1) is 0 Å². The van der Waals surface area contributed by atoms with E-state index in [4.69, 9.17) is 4.74 Å². The molecule has 1 aliphatic carbocycles. The third-order valence-corrected chi connectivity index (χ3v) is 4.96. The third-order valence-electron chi connectivity index (χ3n) is 4.96. The predicted octanol–water partition coefficient (Wildman–Crippen LogP) is 3.40. The van der Waals surface area contributed by atoms with E-state index in [1.165, 1.54) is 0 Å². The molecule has 8 heteroatoms. The molecule has 2 atom stereocenters. The number of nitrogens with zero attached hydrogens (tertiary/aromatic N) is 2. The van der Waals surface area contributed by atoms with E-state index in [2.05, 4.69) is 5.10 Å². The summed E-state index contributed by atoms with van der Waals surface area (Å²) in [6.45, 7) is 1.13. The number of hydrogen-bond acceptors (Lipinski definition) is 4. The largest absolute Gasteiger partial charge is 0.483 e. The molecule has 1 saturated carbocycles. The highest BCUT2D eigenvalue weighted by Crippen LogP contribution is 2.47. The second-order valence-electron chi connectivity index (χ2n) is 6.73. The Morgan fingerprint density at radius 3 is 2.77 bits per heavy atom.